The van der Waals surface area contributed by atoms with Crippen LogP contribution in [0, 0.1) is 5.92 Å². The van der Waals surface area contributed by atoms with Crippen molar-refractivity contribution >= 4 is 29.3 Å². The lowest BCUT2D eigenvalue weighted by Crippen LogP contribution is -2.31. The predicted molar refractivity (Wildman–Crippen MR) is 76.9 cm³/mol. The van der Waals surface area contributed by atoms with Gasteiger partial charge >= 0.3 is 6.09 Å². The summed E-state index contributed by atoms with van der Waals surface area (Å²) >= 11 is 5.83. The topological polar surface area (TPSA) is 58.6 Å². The third kappa shape index (κ3) is 3.63. The Morgan fingerprint density at radius 1 is 1.45 bits per heavy atom. The highest BCUT2D eigenvalue weighted by molar-refractivity contribution is 6.30. The molecule has 1 aromatic carbocycles. The van der Waals surface area contributed by atoms with E-state index in [1.54, 1.807) is 24.0 Å². The second-order valence-corrected chi connectivity index (χ2v) is 5.09. The summed E-state index contributed by atoms with van der Waals surface area (Å²) in [6.45, 7) is 3.12. The van der Waals surface area contributed by atoms with Crippen LogP contribution in [0.25, 0.3) is 0 Å². The van der Waals surface area contributed by atoms with Gasteiger partial charge in [-0.25, -0.2) is 4.79 Å². The molecule has 0 unspecified atom stereocenters. The van der Waals surface area contributed by atoms with E-state index in [1.165, 1.54) is 0 Å². The van der Waals surface area contributed by atoms with Crippen LogP contribution < -0.4 is 10.2 Å². The van der Waals surface area contributed by atoms with Crippen LogP contribution in [0.1, 0.15) is 13.3 Å². The number of hydrogen-bond acceptors (Lipinski definition) is 3. The van der Waals surface area contributed by atoms with Crippen LogP contribution in [0.5, 0.6) is 0 Å². The van der Waals surface area contributed by atoms with Crippen LogP contribution >= 0.6 is 11.6 Å². The molecule has 1 N–H and O–H groups in total. The minimum Gasteiger partial charge on any atom is -0.450 e. The SMILES string of the molecule is CCOC(=O)NC[C@@H]1CC(=O)N(c2ccc(Cl)cc2)C1. The summed E-state index contributed by atoms with van der Waals surface area (Å²) in [6, 6.07) is 7.16. The maximum Gasteiger partial charge on any atom is 0.407 e. The van der Waals surface area contributed by atoms with E-state index in [2.05, 4.69) is 5.32 Å². The first-order valence-corrected chi connectivity index (χ1v) is 6.94. The molecule has 0 spiro atoms. The number of amides is 2. The third-order valence-electron chi connectivity index (χ3n) is 3.15. The Labute approximate surface area is 122 Å². The zero-order valence-electron chi connectivity index (χ0n) is 11.3. The van der Waals surface area contributed by atoms with Gasteiger partial charge in [-0.2, -0.15) is 0 Å². The summed E-state index contributed by atoms with van der Waals surface area (Å²) in [7, 11) is 0. The molecule has 1 atom stereocenters. The number of nitrogens with one attached hydrogen (secondary N) is 1. The van der Waals surface area contributed by atoms with Gasteiger partial charge in [0.15, 0.2) is 0 Å². The number of hydrogen-bond donors (Lipinski definition) is 1. The Bertz CT molecular complexity index is 490. The van der Waals surface area contributed by atoms with Crippen molar-refractivity contribution in [1.82, 2.24) is 5.32 Å². The van der Waals surface area contributed by atoms with Gasteiger partial charge in [0.1, 0.15) is 0 Å². The number of carbonyl (C=O) groups is 2. The van der Waals surface area contributed by atoms with E-state index in [0.29, 0.717) is 31.1 Å². The molecule has 1 aliphatic heterocycles. The molecule has 2 rings (SSSR count). The molecule has 0 saturated carbocycles. The summed E-state index contributed by atoms with van der Waals surface area (Å²) in [5.74, 6) is 0.158. The Kier molecular flexibility index (Phi) is 4.84. The number of nitrogens with zero attached hydrogens (tertiary/aromatic N) is 1. The lowest BCUT2D eigenvalue weighted by molar-refractivity contribution is -0.117. The molecule has 1 fully saturated rings. The van der Waals surface area contributed by atoms with Gasteiger partial charge < -0.3 is 15.0 Å². The van der Waals surface area contributed by atoms with Crippen LogP contribution in [0.3, 0.4) is 0 Å². The Balaban J connectivity index is 1.90. The van der Waals surface area contributed by atoms with Crippen molar-refractivity contribution in [2.45, 2.75) is 13.3 Å². The van der Waals surface area contributed by atoms with Crippen molar-refractivity contribution in [3.05, 3.63) is 29.3 Å². The number of anilines is 1. The van der Waals surface area contributed by atoms with Gasteiger partial charge in [0.25, 0.3) is 0 Å². The van der Waals surface area contributed by atoms with E-state index in [-0.39, 0.29) is 11.8 Å². The maximum absolute atomic E-state index is 12.0. The number of rotatable bonds is 4. The normalized spacial score (nSPS) is 18.2. The van der Waals surface area contributed by atoms with Crippen molar-refractivity contribution in [1.29, 1.82) is 0 Å². The average Bonchev–Trinajstić information content (AvgIpc) is 2.79. The quantitative estimate of drug-likeness (QED) is 0.928. The number of ether oxygens (including phenoxy) is 1. The van der Waals surface area contributed by atoms with Gasteiger partial charge in [0, 0.05) is 36.1 Å². The van der Waals surface area contributed by atoms with Crippen molar-refractivity contribution < 1.29 is 14.3 Å². The molecular formula is C14H17ClN2O3. The predicted octanol–water partition coefficient (Wildman–Crippen LogP) is 2.44. The molecule has 6 heteroatoms. The van der Waals surface area contributed by atoms with E-state index >= 15 is 0 Å². The number of carbonyl (C=O) groups excluding carboxylic acids is 2. The molecule has 1 saturated heterocycles. The molecule has 0 aromatic heterocycles. The molecule has 1 heterocycles. The monoisotopic (exact) mass is 296 g/mol. The molecular weight excluding hydrogens is 280 g/mol. The number of benzene rings is 1. The number of alkyl carbamates (subject to hydrolysis) is 1. The van der Waals surface area contributed by atoms with Gasteiger partial charge in [-0.05, 0) is 31.2 Å². The second-order valence-electron chi connectivity index (χ2n) is 4.65. The summed E-state index contributed by atoms with van der Waals surface area (Å²) < 4.78 is 4.79. The molecule has 1 aromatic rings. The Morgan fingerprint density at radius 3 is 2.80 bits per heavy atom. The Hall–Kier alpha value is -1.75. The van der Waals surface area contributed by atoms with E-state index in [4.69, 9.17) is 16.3 Å². The summed E-state index contributed by atoms with van der Waals surface area (Å²) in [5.41, 5.74) is 0.832. The summed E-state index contributed by atoms with van der Waals surface area (Å²) in [5, 5.41) is 3.31. The standard InChI is InChI=1S/C14H17ClN2O3/c1-2-20-14(19)16-8-10-7-13(18)17(9-10)12-5-3-11(15)4-6-12/h3-6,10H,2,7-9H2,1H3,(H,16,19)/t10-/m0/s1. The van der Waals surface area contributed by atoms with Crippen LogP contribution in [-0.4, -0.2) is 31.7 Å². The van der Waals surface area contributed by atoms with Crippen molar-refractivity contribution in [3.63, 3.8) is 0 Å². The van der Waals surface area contributed by atoms with Gasteiger partial charge in [-0.1, -0.05) is 11.6 Å². The zero-order valence-corrected chi connectivity index (χ0v) is 12.0. The highest BCUT2D eigenvalue weighted by atomic mass is 35.5. The average molecular weight is 297 g/mol. The van der Waals surface area contributed by atoms with E-state index in [1.807, 2.05) is 12.1 Å². The lowest BCUT2D eigenvalue weighted by atomic mass is 10.1. The molecule has 2 amide bonds. The zero-order chi connectivity index (χ0) is 14.5. The molecule has 0 aliphatic carbocycles. The fourth-order valence-corrected chi connectivity index (χ4v) is 2.32. The largest absolute Gasteiger partial charge is 0.450 e. The molecule has 20 heavy (non-hydrogen) atoms. The smallest absolute Gasteiger partial charge is 0.407 e. The minimum atomic E-state index is -0.440. The number of halogens is 1. The first-order valence-electron chi connectivity index (χ1n) is 6.56. The van der Waals surface area contributed by atoms with Gasteiger partial charge in [0.2, 0.25) is 5.91 Å². The van der Waals surface area contributed by atoms with Crippen LogP contribution in [0.4, 0.5) is 10.5 Å². The van der Waals surface area contributed by atoms with Gasteiger partial charge in [0.05, 0.1) is 6.61 Å². The highest BCUT2D eigenvalue weighted by Gasteiger charge is 2.30. The van der Waals surface area contributed by atoms with E-state index in [0.717, 1.165) is 5.69 Å². The van der Waals surface area contributed by atoms with Gasteiger partial charge in [-0.3, -0.25) is 4.79 Å². The van der Waals surface area contributed by atoms with Crippen molar-refractivity contribution in [2.75, 3.05) is 24.6 Å². The second kappa shape index (κ2) is 6.61. The first-order chi connectivity index (χ1) is 9.60. The maximum atomic E-state index is 12.0. The minimum absolute atomic E-state index is 0.0583. The lowest BCUT2D eigenvalue weighted by Gasteiger charge is -2.17. The first kappa shape index (κ1) is 14.7. The highest BCUT2D eigenvalue weighted by Crippen LogP contribution is 2.25. The summed E-state index contributed by atoms with van der Waals surface area (Å²) in [6.07, 6.45) is -0.0143. The molecule has 5 nitrogen and oxygen atoms in total. The molecule has 108 valence electrons. The van der Waals surface area contributed by atoms with Gasteiger partial charge in [-0.15, -0.1) is 0 Å². The van der Waals surface area contributed by atoms with E-state index in [9.17, 15) is 9.59 Å². The van der Waals surface area contributed by atoms with Crippen LogP contribution in [-0.2, 0) is 9.53 Å². The van der Waals surface area contributed by atoms with Crippen molar-refractivity contribution in [3.8, 4) is 0 Å². The molecule has 0 bridgehead atoms. The Morgan fingerprint density at radius 2 is 2.15 bits per heavy atom. The fraction of sp³-hybridized carbons (Fsp3) is 0.429. The van der Waals surface area contributed by atoms with Crippen molar-refractivity contribution in [2.24, 2.45) is 5.92 Å². The van der Waals surface area contributed by atoms with Crippen LogP contribution in [0.2, 0.25) is 5.02 Å². The van der Waals surface area contributed by atoms with Crippen LogP contribution in [0.15, 0.2) is 24.3 Å². The molecule has 0 radical (unpaired) electrons. The third-order valence-corrected chi connectivity index (χ3v) is 3.41. The molecule has 1 aliphatic rings. The van der Waals surface area contributed by atoms with E-state index < -0.39 is 6.09 Å². The summed E-state index contributed by atoms with van der Waals surface area (Å²) in [4.78, 5) is 24.9. The fourth-order valence-electron chi connectivity index (χ4n) is 2.20.